The van der Waals surface area contributed by atoms with Crippen LogP contribution in [0.2, 0.25) is 0 Å². The van der Waals surface area contributed by atoms with E-state index in [-0.39, 0.29) is 0 Å². The van der Waals surface area contributed by atoms with Crippen molar-refractivity contribution in [3.8, 4) is 5.75 Å². The van der Waals surface area contributed by atoms with Crippen LogP contribution in [0.5, 0.6) is 5.75 Å². The van der Waals surface area contributed by atoms with Crippen molar-refractivity contribution in [1.82, 2.24) is 10.2 Å². The number of hydrogen-bond donors (Lipinski definition) is 2. The predicted octanol–water partition coefficient (Wildman–Crippen LogP) is 2.70. The number of nitrogens with two attached hydrogens (primary N) is 1. The minimum atomic E-state index is 0.583. The van der Waals surface area contributed by atoms with Crippen molar-refractivity contribution >= 4 is 34.3 Å². The fraction of sp³-hybridized carbons (Fsp3) is 0.250. The fourth-order valence-electron chi connectivity index (χ4n) is 3.30. The molecule has 6 heteroatoms. The molecule has 1 saturated heterocycles. The van der Waals surface area contributed by atoms with Crippen LogP contribution in [0.25, 0.3) is 5.57 Å². The maximum Gasteiger partial charge on any atom is 0.173 e. The van der Waals surface area contributed by atoms with E-state index in [1.54, 1.807) is 0 Å². The number of fused-ring (bicyclic) bond motifs is 1. The van der Waals surface area contributed by atoms with Crippen molar-refractivity contribution < 1.29 is 4.74 Å². The Balaban J connectivity index is 1.33. The van der Waals surface area contributed by atoms with Crippen LogP contribution >= 0.6 is 12.2 Å². The Kier molecular flexibility index (Phi) is 4.67. The summed E-state index contributed by atoms with van der Waals surface area (Å²) < 4.78 is 5.68. The minimum absolute atomic E-state index is 0.583. The first kappa shape index (κ1) is 16.7. The topological polar surface area (TPSA) is 53.8 Å². The number of hydrogen-bond acceptors (Lipinski definition) is 4. The van der Waals surface area contributed by atoms with Gasteiger partial charge in [-0.15, -0.1) is 0 Å². The lowest BCUT2D eigenvalue weighted by atomic mass is 10.1. The molecule has 2 aliphatic heterocycles. The first-order chi connectivity index (χ1) is 12.7. The average Bonchev–Trinajstić information content (AvgIpc) is 3.10. The molecule has 0 bridgehead atoms. The van der Waals surface area contributed by atoms with E-state index in [0.717, 1.165) is 53.9 Å². The molecule has 0 unspecified atom stereocenters. The predicted molar refractivity (Wildman–Crippen MR) is 110 cm³/mol. The second kappa shape index (κ2) is 7.25. The van der Waals surface area contributed by atoms with Gasteiger partial charge in [0.2, 0.25) is 0 Å². The van der Waals surface area contributed by atoms with Gasteiger partial charge in [-0.2, -0.15) is 0 Å². The van der Waals surface area contributed by atoms with E-state index in [1.165, 1.54) is 5.69 Å². The summed E-state index contributed by atoms with van der Waals surface area (Å²) >= 11 is 5.57. The number of ether oxygens (including phenoxy) is 1. The molecule has 0 amide bonds. The van der Waals surface area contributed by atoms with Gasteiger partial charge in [0, 0.05) is 54.9 Å². The van der Waals surface area contributed by atoms with Crippen LogP contribution in [0.1, 0.15) is 5.56 Å². The molecule has 2 heterocycles. The highest BCUT2D eigenvalue weighted by Crippen LogP contribution is 2.32. The molecule has 0 aliphatic carbocycles. The summed E-state index contributed by atoms with van der Waals surface area (Å²) in [6, 6.07) is 16.1. The summed E-state index contributed by atoms with van der Waals surface area (Å²) in [5, 5.41) is 4.04. The smallest absolute Gasteiger partial charge is 0.173 e. The van der Waals surface area contributed by atoms with Crippen LogP contribution < -0.4 is 20.7 Å². The van der Waals surface area contributed by atoms with Gasteiger partial charge in [0.15, 0.2) is 5.11 Å². The molecule has 0 spiro atoms. The van der Waals surface area contributed by atoms with E-state index in [4.69, 9.17) is 22.7 Å². The Morgan fingerprint density at radius 1 is 1.04 bits per heavy atom. The normalized spacial score (nSPS) is 17.8. The van der Waals surface area contributed by atoms with E-state index < -0.39 is 0 Å². The molecule has 26 heavy (non-hydrogen) atoms. The largest absolute Gasteiger partial charge is 0.488 e. The Bertz CT molecular complexity index is 826. The van der Waals surface area contributed by atoms with Gasteiger partial charge in [0.05, 0.1) is 0 Å². The number of anilines is 2. The van der Waals surface area contributed by atoms with Crippen LogP contribution in [-0.2, 0) is 0 Å². The molecule has 4 rings (SSSR count). The number of thiocarbonyl (C=S) groups is 1. The zero-order chi connectivity index (χ0) is 17.9. The standard InChI is InChI=1S/C20H22N4OS/c21-16-5-7-17(8-6-16)23-9-11-24(12-10-23)20(26)22-13-15-14-25-19-4-2-1-3-18(15)19/h1-8,13H,9-12,14,21H2,(H,22,26)/b15-13-. The van der Waals surface area contributed by atoms with Gasteiger partial charge in [0.1, 0.15) is 12.4 Å². The van der Waals surface area contributed by atoms with Gasteiger partial charge in [-0.3, -0.25) is 0 Å². The molecule has 0 aromatic heterocycles. The third-order valence-corrected chi connectivity index (χ3v) is 5.19. The van der Waals surface area contributed by atoms with Crippen molar-refractivity contribution in [1.29, 1.82) is 0 Å². The van der Waals surface area contributed by atoms with E-state index in [9.17, 15) is 0 Å². The monoisotopic (exact) mass is 366 g/mol. The first-order valence-electron chi connectivity index (χ1n) is 8.78. The van der Waals surface area contributed by atoms with Crippen LogP contribution in [0.3, 0.4) is 0 Å². The average molecular weight is 366 g/mol. The third kappa shape index (κ3) is 3.46. The molecule has 0 radical (unpaired) electrons. The molecule has 0 atom stereocenters. The Morgan fingerprint density at radius 2 is 1.77 bits per heavy atom. The van der Waals surface area contributed by atoms with E-state index in [0.29, 0.717) is 6.61 Å². The molecule has 2 aliphatic rings. The number of nitrogens with zero attached hydrogens (tertiary/aromatic N) is 2. The van der Waals surface area contributed by atoms with Crippen LogP contribution in [-0.4, -0.2) is 42.8 Å². The van der Waals surface area contributed by atoms with Crippen LogP contribution in [0.4, 0.5) is 11.4 Å². The summed E-state index contributed by atoms with van der Waals surface area (Å²) in [4.78, 5) is 4.57. The van der Waals surface area contributed by atoms with Crippen molar-refractivity contribution in [2.75, 3.05) is 43.4 Å². The molecular formula is C20H22N4OS. The van der Waals surface area contributed by atoms with Crippen molar-refractivity contribution in [3.63, 3.8) is 0 Å². The highest BCUT2D eigenvalue weighted by molar-refractivity contribution is 7.80. The second-order valence-electron chi connectivity index (χ2n) is 6.47. The molecule has 0 saturated carbocycles. The number of benzene rings is 2. The maximum absolute atomic E-state index is 5.77. The molecule has 3 N–H and O–H groups in total. The van der Waals surface area contributed by atoms with Gasteiger partial charge >= 0.3 is 0 Å². The van der Waals surface area contributed by atoms with Crippen molar-refractivity contribution in [2.45, 2.75) is 0 Å². The number of nitrogen functional groups attached to an aromatic ring is 1. The number of para-hydroxylation sites is 1. The Morgan fingerprint density at radius 3 is 2.54 bits per heavy atom. The summed E-state index contributed by atoms with van der Waals surface area (Å²) in [6.45, 7) is 4.25. The fourth-order valence-corrected chi connectivity index (χ4v) is 3.54. The Hall–Kier alpha value is -2.73. The second-order valence-corrected chi connectivity index (χ2v) is 6.86. The summed E-state index contributed by atoms with van der Waals surface area (Å²) in [5.41, 5.74) is 10.0. The lowest BCUT2D eigenvalue weighted by molar-refractivity contribution is 0.383. The number of nitrogens with one attached hydrogen (secondary N) is 1. The SMILES string of the molecule is Nc1ccc(N2CCN(C(=S)N/C=C3/COc4ccccc43)CC2)cc1. The van der Waals surface area contributed by atoms with Crippen LogP contribution in [0.15, 0.2) is 54.7 Å². The zero-order valence-corrected chi connectivity index (χ0v) is 15.3. The highest BCUT2D eigenvalue weighted by Gasteiger charge is 2.20. The van der Waals surface area contributed by atoms with Crippen molar-refractivity contribution in [2.24, 2.45) is 0 Å². The quantitative estimate of drug-likeness (QED) is 0.630. The molecular weight excluding hydrogens is 344 g/mol. The first-order valence-corrected chi connectivity index (χ1v) is 9.19. The summed E-state index contributed by atoms with van der Waals surface area (Å²) in [5.74, 6) is 0.934. The zero-order valence-electron chi connectivity index (χ0n) is 14.5. The van der Waals surface area contributed by atoms with E-state index >= 15 is 0 Å². The highest BCUT2D eigenvalue weighted by atomic mass is 32.1. The molecule has 134 valence electrons. The molecule has 5 nitrogen and oxygen atoms in total. The number of rotatable bonds is 2. The molecule has 1 fully saturated rings. The van der Waals surface area contributed by atoms with Gasteiger partial charge < -0.3 is 25.6 Å². The van der Waals surface area contributed by atoms with E-state index in [2.05, 4.69) is 33.3 Å². The van der Waals surface area contributed by atoms with E-state index in [1.807, 2.05) is 36.5 Å². The molecule has 2 aromatic carbocycles. The number of piperazine rings is 1. The molecule has 2 aromatic rings. The lowest BCUT2D eigenvalue weighted by Crippen LogP contribution is -2.51. The minimum Gasteiger partial charge on any atom is -0.488 e. The van der Waals surface area contributed by atoms with Gasteiger partial charge in [0.25, 0.3) is 0 Å². The van der Waals surface area contributed by atoms with Gasteiger partial charge in [-0.25, -0.2) is 0 Å². The maximum atomic E-state index is 5.77. The summed E-state index contributed by atoms with van der Waals surface area (Å²) in [6.07, 6.45) is 1.97. The Labute approximate surface area is 159 Å². The van der Waals surface area contributed by atoms with Gasteiger partial charge in [-0.05, 0) is 42.5 Å². The lowest BCUT2D eigenvalue weighted by Gasteiger charge is -2.37. The third-order valence-electron chi connectivity index (χ3n) is 4.81. The van der Waals surface area contributed by atoms with Gasteiger partial charge in [-0.1, -0.05) is 18.2 Å². The van der Waals surface area contributed by atoms with Crippen LogP contribution in [0, 0.1) is 0 Å². The summed E-state index contributed by atoms with van der Waals surface area (Å²) in [7, 11) is 0. The van der Waals surface area contributed by atoms with Crippen molar-refractivity contribution in [3.05, 3.63) is 60.3 Å².